The largest absolute Gasteiger partial charge is 0.484 e. The van der Waals surface area contributed by atoms with Crippen molar-refractivity contribution in [2.75, 3.05) is 19.7 Å². The molecule has 2 N–H and O–H groups in total. The van der Waals surface area contributed by atoms with E-state index in [-0.39, 0.29) is 18.6 Å². The third-order valence-electron chi connectivity index (χ3n) is 3.77. The molecule has 0 spiro atoms. The van der Waals surface area contributed by atoms with Crippen molar-refractivity contribution in [1.82, 2.24) is 4.90 Å². The summed E-state index contributed by atoms with van der Waals surface area (Å²) in [5.41, 5.74) is 7.14. The first-order valence-corrected chi connectivity index (χ1v) is 7.44. The van der Waals surface area contributed by atoms with Crippen LogP contribution in [0.4, 0.5) is 0 Å². The zero-order valence-electron chi connectivity index (χ0n) is 12.2. The van der Waals surface area contributed by atoms with Gasteiger partial charge in [0.15, 0.2) is 6.61 Å². The van der Waals surface area contributed by atoms with Gasteiger partial charge < -0.3 is 15.4 Å². The minimum atomic E-state index is 0.0829. The highest BCUT2D eigenvalue weighted by atomic mass is 16.5. The molecule has 1 aliphatic heterocycles. The molecule has 20 heavy (non-hydrogen) atoms. The van der Waals surface area contributed by atoms with Crippen LogP contribution in [0, 0.1) is 0 Å². The lowest BCUT2D eigenvalue weighted by molar-refractivity contribution is -0.132. The molecule has 1 amide bonds. The molecule has 0 radical (unpaired) electrons. The van der Waals surface area contributed by atoms with E-state index in [2.05, 4.69) is 6.92 Å². The molecular formula is C16H24N2O2. The van der Waals surface area contributed by atoms with Gasteiger partial charge in [-0.2, -0.15) is 0 Å². The van der Waals surface area contributed by atoms with Crippen LogP contribution >= 0.6 is 0 Å². The summed E-state index contributed by atoms with van der Waals surface area (Å²) in [7, 11) is 0. The number of hydrogen-bond acceptors (Lipinski definition) is 3. The highest BCUT2D eigenvalue weighted by Gasteiger charge is 2.17. The summed E-state index contributed by atoms with van der Waals surface area (Å²) in [6.45, 7) is 3.96. The molecule has 1 atom stereocenters. The third kappa shape index (κ3) is 4.23. The van der Waals surface area contributed by atoms with Crippen molar-refractivity contribution < 1.29 is 9.53 Å². The molecule has 4 nitrogen and oxygen atoms in total. The van der Waals surface area contributed by atoms with Crippen LogP contribution in [-0.4, -0.2) is 36.5 Å². The lowest BCUT2D eigenvalue weighted by atomic mass is 10.0. The average molecular weight is 276 g/mol. The van der Waals surface area contributed by atoms with Gasteiger partial charge in [-0.15, -0.1) is 0 Å². The third-order valence-corrected chi connectivity index (χ3v) is 3.77. The van der Waals surface area contributed by atoms with E-state index in [9.17, 15) is 4.79 Å². The van der Waals surface area contributed by atoms with Gasteiger partial charge in [-0.05, 0) is 43.4 Å². The first kappa shape index (κ1) is 14.9. The number of rotatable bonds is 6. The fraction of sp³-hybridized carbons (Fsp3) is 0.562. The molecule has 110 valence electrons. The number of hydrogen-bond donors (Lipinski definition) is 1. The van der Waals surface area contributed by atoms with Gasteiger partial charge in [0.25, 0.3) is 5.91 Å². The summed E-state index contributed by atoms with van der Waals surface area (Å²) in [6, 6.07) is 8.07. The summed E-state index contributed by atoms with van der Waals surface area (Å²) in [6.07, 6.45) is 4.07. The molecule has 1 aromatic carbocycles. The van der Waals surface area contributed by atoms with Crippen molar-refractivity contribution in [3.63, 3.8) is 0 Å². The predicted molar refractivity (Wildman–Crippen MR) is 79.7 cm³/mol. The number of ether oxygens (including phenoxy) is 1. The Morgan fingerprint density at radius 2 is 1.95 bits per heavy atom. The number of carbonyl (C=O) groups excluding carboxylic acids is 1. The van der Waals surface area contributed by atoms with Gasteiger partial charge in [0.1, 0.15) is 5.75 Å². The first-order chi connectivity index (χ1) is 9.69. The minimum absolute atomic E-state index is 0.0829. The molecule has 1 aliphatic rings. The minimum Gasteiger partial charge on any atom is -0.484 e. The summed E-state index contributed by atoms with van der Waals surface area (Å²) in [5, 5.41) is 0. The molecular weight excluding hydrogens is 252 g/mol. The van der Waals surface area contributed by atoms with Crippen molar-refractivity contribution in [1.29, 1.82) is 0 Å². The maximum absolute atomic E-state index is 11.9. The van der Waals surface area contributed by atoms with E-state index in [4.69, 9.17) is 10.5 Å². The Balaban J connectivity index is 1.79. The van der Waals surface area contributed by atoms with Gasteiger partial charge in [0.2, 0.25) is 0 Å². The van der Waals surface area contributed by atoms with Crippen LogP contribution < -0.4 is 10.5 Å². The van der Waals surface area contributed by atoms with Crippen LogP contribution in [-0.2, 0) is 11.2 Å². The molecule has 0 aliphatic carbocycles. The van der Waals surface area contributed by atoms with E-state index in [1.807, 2.05) is 29.2 Å². The number of likely N-dealkylation sites (tertiary alicyclic amines) is 1. The predicted octanol–water partition coefficient (Wildman–Crippen LogP) is 1.97. The number of benzene rings is 1. The Morgan fingerprint density at radius 3 is 2.55 bits per heavy atom. The summed E-state index contributed by atoms with van der Waals surface area (Å²) in [5.74, 6) is 0.825. The van der Waals surface area contributed by atoms with Crippen molar-refractivity contribution in [2.24, 2.45) is 5.73 Å². The van der Waals surface area contributed by atoms with E-state index in [0.29, 0.717) is 0 Å². The van der Waals surface area contributed by atoms with Crippen LogP contribution in [0.5, 0.6) is 5.75 Å². The molecule has 1 aromatic rings. The highest BCUT2D eigenvalue weighted by Crippen LogP contribution is 2.14. The average Bonchev–Trinajstić information content (AvgIpc) is 3.00. The number of nitrogens with zero attached hydrogens (tertiary/aromatic N) is 1. The Hall–Kier alpha value is -1.55. The topological polar surface area (TPSA) is 55.6 Å². The number of nitrogens with two attached hydrogens (primary N) is 1. The second-order valence-corrected chi connectivity index (χ2v) is 5.39. The smallest absolute Gasteiger partial charge is 0.260 e. The molecule has 0 bridgehead atoms. The van der Waals surface area contributed by atoms with Gasteiger partial charge in [0.05, 0.1) is 0 Å². The van der Waals surface area contributed by atoms with Crippen molar-refractivity contribution in [3.05, 3.63) is 29.8 Å². The van der Waals surface area contributed by atoms with E-state index >= 15 is 0 Å². The van der Waals surface area contributed by atoms with Gasteiger partial charge in [-0.25, -0.2) is 0 Å². The lowest BCUT2D eigenvalue weighted by Crippen LogP contribution is -2.32. The second kappa shape index (κ2) is 7.29. The monoisotopic (exact) mass is 276 g/mol. The normalized spacial score (nSPS) is 16.2. The molecule has 1 saturated heterocycles. The van der Waals surface area contributed by atoms with Crippen molar-refractivity contribution >= 4 is 5.91 Å². The van der Waals surface area contributed by atoms with Crippen LogP contribution in [0.1, 0.15) is 31.7 Å². The maximum atomic E-state index is 11.9. The molecule has 0 saturated carbocycles. The Labute approximate surface area is 120 Å². The van der Waals surface area contributed by atoms with Crippen molar-refractivity contribution in [2.45, 2.75) is 38.6 Å². The maximum Gasteiger partial charge on any atom is 0.260 e. The summed E-state index contributed by atoms with van der Waals surface area (Å²) < 4.78 is 5.54. The van der Waals surface area contributed by atoms with E-state index in [0.717, 1.165) is 44.5 Å². The van der Waals surface area contributed by atoms with Gasteiger partial charge in [-0.3, -0.25) is 4.79 Å². The summed E-state index contributed by atoms with van der Waals surface area (Å²) in [4.78, 5) is 13.7. The quantitative estimate of drug-likeness (QED) is 0.864. The molecule has 2 rings (SSSR count). The highest BCUT2D eigenvalue weighted by molar-refractivity contribution is 5.78. The Kier molecular flexibility index (Phi) is 5.41. The van der Waals surface area contributed by atoms with E-state index < -0.39 is 0 Å². The lowest BCUT2D eigenvalue weighted by Gasteiger charge is -2.15. The van der Waals surface area contributed by atoms with Crippen LogP contribution in [0.25, 0.3) is 0 Å². The molecule has 1 fully saturated rings. The van der Waals surface area contributed by atoms with Crippen LogP contribution in [0.3, 0.4) is 0 Å². The molecule has 1 heterocycles. The van der Waals surface area contributed by atoms with Gasteiger partial charge in [-0.1, -0.05) is 19.1 Å². The molecule has 0 aromatic heterocycles. The zero-order chi connectivity index (χ0) is 14.4. The fourth-order valence-electron chi connectivity index (χ4n) is 2.37. The fourth-order valence-corrected chi connectivity index (χ4v) is 2.37. The number of amides is 1. The van der Waals surface area contributed by atoms with E-state index in [1.54, 1.807) is 0 Å². The summed E-state index contributed by atoms with van der Waals surface area (Å²) >= 11 is 0. The van der Waals surface area contributed by atoms with Gasteiger partial charge >= 0.3 is 0 Å². The van der Waals surface area contributed by atoms with Crippen molar-refractivity contribution in [3.8, 4) is 5.75 Å². The molecule has 1 unspecified atom stereocenters. The Bertz CT molecular complexity index is 425. The Morgan fingerprint density at radius 1 is 1.30 bits per heavy atom. The van der Waals surface area contributed by atoms with Crippen LogP contribution in [0.2, 0.25) is 0 Å². The molecule has 4 heteroatoms. The second-order valence-electron chi connectivity index (χ2n) is 5.39. The zero-order valence-corrected chi connectivity index (χ0v) is 12.2. The SMILES string of the molecule is CCC(N)Cc1ccc(OCC(=O)N2CCCC2)cc1. The van der Waals surface area contributed by atoms with Crippen LogP contribution in [0.15, 0.2) is 24.3 Å². The number of carbonyl (C=O) groups is 1. The first-order valence-electron chi connectivity index (χ1n) is 7.44. The standard InChI is InChI=1S/C16H24N2O2/c1-2-14(17)11-13-5-7-15(8-6-13)20-12-16(19)18-9-3-4-10-18/h5-8,14H,2-4,9-12,17H2,1H3. The van der Waals surface area contributed by atoms with E-state index in [1.165, 1.54) is 5.56 Å². The van der Waals surface area contributed by atoms with Gasteiger partial charge in [0, 0.05) is 19.1 Å².